The van der Waals surface area contributed by atoms with Crippen LogP contribution in [0, 0.1) is 0 Å². The zero-order chi connectivity index (χ0) is 13.7. The van der Waals surface area contributed by atoms with E-state index >= 15 is 0 Å². The second-order valence-corrected chi connectivity index (χ2v) is 4.63. The van der Waals surface area contributed by atoms with E-state index in [1.165, 1.54) is 15.9 Å². The fourth-order valence-electron chi connectivity index (χ4n) is 1.48. The highest BCUT2D eigenvalue weighted by molar-refractivity contribution is 7.13. The summed E-state index contributed by atoms with van der Waals surface area (Å²) in [7, 11) is 1.55. The molecule has 0 saturated carbocycles. The second-order valence-electron chi connectivity index (χ2n) is 3.68. The minimum atomic E-state index is -0.648. The number of carbonyl (C=O) groups excluding carboxylic acids is 1. The van der Waals surface area contributed by atoms with Gasteiger partial charge in [0.15, 0.2) is 5.82 Å². The molecule has 0 fully saturated rings. The molecule has 8 heteroatoms. The number of hydrogen-bond donors (Lipinski definition) is 1. The van der Waals surface area contributed by atoms with Gasteiger partial charge in [-0.3, -0.25) is 9.32 Å². The summed E-state index contributed by atoms with van der Waals surface area (Å²) in [6.07, 6.45) is 0. The number of nitrogens with one attached hydrogen (secondary N) is 1. The summed E-state index contributed by atoms with van der Waals surface area (Å²) in [5.74, 6) is -0.577. The van der Waals surface area contributed by atoms with Crippen LogP contribution in [-0.2, 0) is 16.1 Å². The van der Waals surface area contributed by atoms with Crippen molar-refractivity contribution in [2.24, 2.45) is 0 Å². The van der Waals surface area contributed by atoms with Crippen LogP contribution in [0.25, 0.3) is 10.7 Å². The van der Waals surface area contributed by atoms with Gasteiger partial charge in [0.2, 0.25) is 5.91 Å². The Bertz CT molecular complexity index is 587. The number of methoxy groups -OCH3 is 1. The standard InChI is InChI=1S/C11H13N3O4S/c1-17-5-4-12-9(15)7-14-10(13-18-11(14)16)8-3-2-6-19-8/h2-3,6H,4-5,7H2,1H3,(H,12,15). The zero-order valence-electron chi connectivity index (χ0n) is 10.3. The minimum Gasteiger partial charge on any atom is -0.383 e. The van der Waals surface area contributed by atoms with Crippen LogP contribution in [0.15, 0.2) is 26.8 Å². The van der Waals surface area contributed by atoms with E-state index in [1.54, 1.807) is 13.2 Å². The number of hydrogen-bond acceptors (Lipinski definition) is 6. The monoisotopic (exact) mass is 283 g/mol. The quantitative estimate of drug-likeness (QED) is 0.772. The zero-order valence-corrected chi connectivity index (χ0v) is 11.1. The van der Waals surface area contributed by atoms with Gasteiger partial charge in [-0.2, -0.15) is 0 Å². The largest absolute Gasteiger partial charge is 0.442 e. The van der Waals surface area contributed by atoms with Crippen LogP contribution in [0.4, 0.5) is 0 Å². The maximum absolute atomic E-state index is 11.7. The molecule has 0 atom stereocenters. The fourth-order valence-corrected chi connectivity index (χ4v) is 2.20. The molecular formula is C11H13N3O4S. The lowest BCUT2D eigenvalue weighted by atomic mass is 10.4. The van der Waals surface area contributed by atoms with Crippen LogP contribution in [0.2, 0.25) is 0 Å². The maximum atomic E-state index is 11.7. The van der Waals surface area contributed by atoms with Crippen molar-refractivity contribution in [3.63, 3.8) is 0 Å². The van der Waals surface area contributed by atoms with Gasteiger partial charge in [-0.05, 0) is 11.4 Å². The molecule has 2 aromatic heterocycles. The molecule has 1 amide bonds. The number of nitrogens with zero attached hydrogens (tertiary/aromatic N) is 2. The molecule has 2 heterocycles. The number of rotatable bonds is 6. The molecule has 0 aromatic carbocycles. The van der Waals surface area contributed by atoms with Crippen LogP contribution in [0.1, 0.15) is 0 Å². The molecule has 0 spiro atoms. The number of ether oxygens (including phenoxy) is 1. The van der Waals surface area contributed by atoms with Gasteiger partial charge in [-0.15, -0.1) is 11.3 Å². The molecule has 2 rings (SSSR count). The predicted molar refractivity (Wildman–Crippen MR) is 69.0 cm³/mol. The van der Waals surface area contributed by atoms with Crippen molar-refractivity contribution in [1.82, 2.24) is 15.0 Å². The number of thiophene rings is 1. The lowest BCUT2D eigenvalue weighted by Crippen LogP contribution is -2.33. The third-order valence-corrected chi connectivity index (χ3v) is 3.22. The van der Waals surface area contributed by atoms with Crippen LogP contribution in [-0.4, -0.2) is 35.9 Å². The molecule has 0 aliphatic heterocycles. The Labute approximate surface area is 112 Å². The van der Waals surface area contributed by atoms with E-state index in [0.29, 0.717) is 19.0 Å². The maximum Gasteiger partial charge on any atom is 0.442 e. The highest BCUT2D eigenvalue weighted by Crippen LogP contribution is 2.21. The first-order valence-electron chi connectivity index (χ1n) is 5.58. The molecular weight excluding hydrogens is 270 g/mol. The molecule has 0 aliphatic carbocycles. The lowest BCUT2D eigenvalue weighted by molar-refractivity contribution is -0.121. The Morgan fingerprint density at radius 1 is 1.63 bits per heavy atom. The summed E-state index contributed by atoms with van der Waals surface area (Å²) in [5.41, 5.74) is 0. The summed E-state index contributed by atoms with van der Waals surface area (Å²) in [5, 5.41) is 8.18. The van der Waals surface area contributed by atoms with Crippen molar-refractivity contribution in [2.45, 2.75) is 6.54 Å². The van der Waals surface area contributed by atoms with Crippen molar-refractivity contribution in [3.05, 3.63) is 28.1 Å². The van der Waals surface area contributed by atoms with Gasteiger partial charge < -0.3 is 10.1 Å². The number of amides is 1. The minimum absolute atomic E-state index is 0.126. The first-order chi connectivity index (χ1) is 9.22. The van der Waals surface area contributed by atoms with Crippen molar-refractivity contribution < 1.29 is 14.1 Å². The first kappa shape index (κ1) is 13.5. The molecule has 7 nitrogen and oxygen atoms in total. The first-order valence-corrected chi connectivity index (χ1v) is 6.46. The van der Waals surface area contributed by atoms with Gasteiger partial charge in [0.25, 0.3) is 0 Å². The van der Waals surface area contributed by atoms with Gasteiger partial charge >= 0.3 is 5.76 Å². The molecule has 1 N–H and O–H groups in total. The molecule has 2 aromatic rings. The van der Waals surface area contributed by atoms with Crippen molar-refractivity contribution in [3.8, 4) is 10.7 Å². The Balaban J connectivity index is 2.10. The van der Waals surface area contributed by atoms with E-state index in [1.807, 2.05) is 11.4 Å². The Hall–Kier alpha value is -1.93. The van der Waals surface area contributed by atoms with Crippen LogP contribution in [0.5, 0.6) is 0 Å². The molecule has 0 bridgehead atoms. The van der Waals surface area contributed by atoms with Crippen LogP contribution < -0.4 is 11.1 Å². The highest BCUT2D eigenvalue weighted by Gasteiger charge is 2.16. The third-order valence-electron chi connectivity index (χ3n) is 2.36. The normalized spacial score (nSPS) is 10.6. The Morgan fingerprint density at radius 3 is 3.16 bits per heavy atom. The fraction of sp³-hybridized carbons (Fsp3) is 0.364. The van der Waals surface area contributed by atoms with E-state index in [2.05, 4.69) is 15.0 Å². The summed E-state index contributed by atoms with van der Waals surface area (Å²) in [6.45, 7) is 0.686. The SMILES string of the molecule is COCCNC(=O)Cn1c(-c2cccs2)noc1=O. The Kier molecular flexibility index (Phi) is 4.48. The molecule has 19 heavy (non-hydrogen) atoms. The summed E-state index contributed by atoms with van der Waals surface area (Å²) in [4.78, 5) is 24.0. The number of carbonyl (C=O) groups is 1. The van der Waals surface area contributed by atoms with E-state index in [0.717, 1.165) is 4.88 Å². The molecule has 0 aliphatic rings. The summed E-state index contributed by atoms with van der Waals surface area (Å²) < 4.78 is 10.6. The van der Waals surface area contributed by atoms with E-state index in [4.69, 9.17) is 4.74 Å². The van der Waals surface area contributed by atoms with Crippen LogP contribution >= 0.6 is 11.3 Å². The van der Waals surface area contributed by atoms with E-state index in [-0.39, 0.29) is 12.5 Å². The van der Waals surface area contributed by atoms with Crippen molar-refractivity contribution in [2.75, 3.05) is 20.3 Å². The molecule has 102 valence electrons. The average Bonchev–Trinajstić information content (AvgIpc) is 3.01. The topological polar surface area (TPSA) is 86.4 Å². The smallest absolute Gasteiger partial charge is 0.383 e. The van der Waals surface area contributed by atoms with Gasteiger partial charge in [0.1, 0.15) is 6.54 Å². The Morgan fingerprint density at radius 2 is 2.47 bits per heavy atom. The van der Waals surface area contributed by atoms with Gasteiger partial charge in [0.05, 0.1) is 11.5 Å². The molecule has 0 unspecified atom stereocenters. The second kappa shape index (κ2) is 6.30. The molecule has 0 radical (unpaired) electrons. The average molecular weight is 283 g/mol. The predicted octanol–water partition coefficient (Wildman–Crippen LogP) is 0.327. The van der Waals surface area contributed by atoms with Crippen LogP contribution in [0.3, 0.4) is 0 Å². The lowest BCUT2D eigenvalue weighted by Gasteiger charge is -2.05. The molecule has 0 saturated heterocycles. The number of aromatic nitrogens is 2. The van der Waals surface area contributed by atoms with Gasteiger partial charge in [-0.25, -0.2) is 9.36 Å². The van der Waals surface area contributed by atoms with Gasteiger partial charge in [-0.1, -0.05) is 11.2 Å². The van der Waals surface area contributed by atoms with E-state index < -0.39 is 5.76 Å². The highest BCUT2D eigenvalue weighted by atomic mass is 32.1. The van der Waals surface area contributed by atoms with E-state index in [9.17, 15) is 9.59 Å². The van der Waals surface area contributed by atoms with Gasteiger partial charge in [0, 0.05) is 13.7 Å². The third kappa shape index (κ3) is 3.30. The summed E-state index contributed by atoms with van der Waals surface area (Å²) >= 11 is 1.42. The van der Waals surface area contributed by atoms with Crippen molar-refractivity contribution >= 4 is 17.2 Å². The summed E-state index contributed by atoms with van der Waals surface area (Å²) in [6, 6.07) is 3.64. The van der Waals surface area contributed by atoms with Crippen molar-refractivity contribution in [1.29, 1.82) is 0 Å².